The third kappa shape index (κ3) is 2.81. The molecule has 2 aliphatic rings. The summed E-state index contributed by atoms with van der Waals surface area (Å²) in [4.78, 5) is 12.5. The number of nitrogens with zero attached hydrogens (tertiary/aromatic N) is 2. The molecule has 1 unspecified atom stereocenters. The SMILES string of the molecule is O=[N+]([O-])c1cccc(Oc2ccc3c(c2)S(=O)(=O)NC2CCCN32)c1. The van der Waals surface area contributed by atoms with Crippen molar-refractivity contribution in [2.45, 2.75) is 23.9 Å². The number of nitro benzene ring substituents is 1. The highest BCUT2D eigenvalue weighted by molar-refractivity contribution is 7.89. The average molecular weight is 361 g/mol. The summed E-state index contributed by atoms with van der Waals surface area (Å²) in [5.41, 5.74) is 0.567. The third-order valence-electron chi connectivity index (χ3n) is 4.34. The van der Waals surface area contributed by atoms with Gasteiger partial charge in [-0.15, -0.1) is 0 Å². The number of nitrogens with one attached hydrogen (secondary N) is 1. The Morgan fingerprint density at radius 2 is 2.00 bits per heavy atom. The minimum absolute atomic E-state index is 0.0929. The van der Waals surface area contributed by atoms with Gasteiger partial charge in [0, 0.05) is 18.7 Å². The lowest BCUT2D eigenvalue weighted by molar-refractivity contribution is -0.384. The number of nitro groups is 1. The molecule has 1 saturated heterocycles. The van der Waals surface area contributed by atoms with E-state index in [0.717, 1.165) is 19.4 Å². The van der Waals surface area contributed by atoms with Gasteiger partial charge in [0.25, 0.3) is 5.69 Å². The first-order valence-electron chi connectivity index (χ1n) is 7.79. The number of anilines is 1. The summed E-state index contributed by atoms with van der Waals surface area (Å²) in [6, 6.07) is 10.6. The fraction of sp³-hybridized carbons (Fsp3) is 0.250. The van der Waals surface area contributed by atoms with Crippen molar-refractivity contribution in [1.29, 1.82) is 0 Å². The number of benzene rings is 2. The van der Waals surface area contributed by atoms with Gasteiger partial charge >= 0.3 is 0 Å². The predicted molar refractivity (Wildman–Crippen MR) is 90.3 cm³/mol. The minimum atomic E-state index is -3.61. The van der Waals surface area contributed by atoms with Gasteiger partial charge in [0.1, 0.15) is 16.4 Å². The van der Waals surface area contributed by atoms with E-state index in [-0.39, 0.29) is 22.5 Å². The molecule has 4 rings (SSSR count). The Morgan fingerprint density at radius 1 is 1.20 bits per heavy atom. The van der Waals surface area contributed by atoms with E-state index in [1.54, 1.807) is 18.2 Å². The van der Waals surface area contributed by atoms with E-state index in [4.69, 9.17) is 4.74 Å². The van der Waals surface area contributed by atoms with Crippen LogP contribution in [0.3, 0.4) is 0 Å². The molecule has 0 spiro atoms. The van der Waals surface area contributed by atoms with Crippen LogP contribution >= 0.6 is 0 Å². The van der Waals surface area contributed by atoms with Crippen LogP contribution in [0.4, 0.5) is 11.4 Å². The molecule has 2 aliphatic heterocycles. The highest BCUT2D eigenvalue weighted by atomic mass is 32.2. The van der Waals surface area contributed by atoms with Crippen LogP contribution in [0.25, 0.3) is 0 Å². The molecule has 1 N–H and O–H groups in total. The van der Waals surface area contributed by atoms with Crippen LogP contribution in [0.2, 0.25) is 0 Å². The van der Waals surface area contributed by atoms with Gasteiger partial charge in [-0.1, -0.05) is 6.07 Å². The molecule has 0 saturated carbocycles. The molecular formula is C16H15N3O5S. The molecule has 0 amide bonds. The van der Waals surface area contributed by atoms with Crippen LogP contribution in [-0.4, -0.2) is 26.1 Å². The standard InChI is InChI=1S/C16H15N3O5S/c20-19(21)11-3-1-4-12(9-11)24-13-6-7-14-15(10-13)25(22,23)17-16-5-2-8-18(14)16/h1,3-4,6-7,9-10,16-17H,2,5,8H2. The first-order chi connectivity index (χ1) is 11.9. The van der Waals surface area contributed by atoms with Crippen molar-refractivity contribution in [2.75, 3.05) is 11.4 Å². The lowest BCUT2D eigenvalue weighted by Gasteiger charge is -2.33. The Labute approximate surface area is 144 Å². The second kappa shape index (κ2) is 5.71. The van der Waals surface area contributed by atoms with Crippen LogP contribution in [-0.2, 0) is 10.0 Å². The molecule has 1 atom stereocenters. The van der Waals surface area contributed by atoms with E-state index in [9.17, 15) is 18.5 Å². The van der Waals surface area contributed by atoms with Gasteiger partial charge in [-0.3, -0.25) is 10.1 Å². The van der Waals surface area contributed by atoms with Crippen molar-refractivity contribution in [3.63, 3.8) is 0 Å². The summed E-state index contributed by atoms with van der Waals surface area (Å²) >= 11 is 0. The van der Waals surface area contributed by atoms with E-state index >= 15 is 0 Å². The molecule has 1 fully saturated rings. The Bertz CT molecular complexity index is 960. The topological polar surface area (TPSA) is 102 Å². The zero-order valence-corrected chi connectivity index (χ0v) is 13.9. The van der Waals surface area contributed by atoms with Crippen LogP contribution in [0.5, 0.6) is 11.5 Å². The maximum atomic E-state index is 12.5. The zero-order valence-electron chi connectivity index (χ0n) is 13.1. The summed E-state index contributed by atoms with van der Waals surface area (Å²) in [7, 11) is -3.61. The Kier molecular flexibility index (Phi) is 3.62. The van der Waals surface area contributed by atoms with Gasteiger partial charge in [-0.2, -0.15) is 4.72 Å². The van der Waals surface area contributed by atoms with Crippen LogP contribution < -0.4 is 14.4 Å². The zero-order chi connectivity index (χ0) is 17.6. The fourth-order valence-electron chi connectivity index (χ4n) is 3.23. The van der Waals surface area contributed by atoms with E-state index in [1.165, 1.54) is 24.3 Å². The number of hydrogen-bond acceptors (Lipinski definition) is 6. The Morgan fingerprint density at radius 3 is 2.80 bits per heavy atom. The molecule has 2 aromatic carbocycles. The minimum Gasteiger partial charge on any atom is -0.457 e. The van der Waals surface area contributed by atoms with Crippen molar-refractivity contribution >= 4 is 21.4 Å². The van der Waals surface area contributed by atoms with E-state index < -0.39 is 14.9 Å². The number of rotatable bonds is 3. The van der Waals surface area contributed by atoms with Gasteiger partial charge in [-0.25, -0.2) is 8.42 Å². The molecule has 0 bridgehead atoms. The quantitative estimate of drug-likeness (QED) is 0.666. The summed E-state index contributed by atoms with van der Waals surface area (Å²) in [6.07, 6.45) is 1.52. The van der Waals surface area contributed by atoms with Gasteiger partial charge in [-0.05, 0) is 31.0 Å². The van der Waals surface area contributed by atoms with Gasteiger partial charge in [0.05, 0.1) is 22.8 Å². The molecule has 0 radical (unpaired) electrons. The maximum Gasteiger partial charge on any atom is 0.273 e. The highest BCUT2D eigenvalue weighted by Gasteiger charge is 2.37. The monoisotopic (exact) mass is 361 g/mol. The van der Waals surface area contributed by atoms with E-state index in [2.05, 4.69) is 4.72 Å². The third-order valence-corrected chi connectivity index (χ3v) is 5.83. The fourth-order valence-corrected chi connectivity index (χ4v) is 4.69. The van der Waals surface area contributed by atoms with E-state index in [1.807, 2.05) is 4.90 Å². The molecule has 8 nitrogen and oxygen atoms in total. The summed E-state index contributed by atoms with van der Waals surface area (Å²) < 4.78 is 33.3. The van der Waals surface area contributed by atoms with Gasteiger partial charge in [0.2, 0.25) is 10.0 Å². The first kappa shape index (κ1) is 15.9. The van der Waals surface area contributed by atoms with E-state index in [0.29, 0.717) is 11.4 Å². The first-order valence-corrected chi connectivity index (χ1v) is 9.28. The van der Waals surface area contributed by atoms with Gasteiger partial charge in [0.15, 0.2) is 0 Å². The van der Waals surface area contributed by atoms with Crippen LogP contribution in [0, 0.1) is 10.1 Å². The molecule has 9 heteroatoms. The lowest BCUT2D eigenvalue weighted by atomic mass is 10.2. The Hall–Kier alpha value is -2.65. The number of fused-ring (bicyclic) bond motifs is 3. The second-order valence-electron chi connectivity index (χ2n) is 5.96. The van der Waals surface area contributed by atoms with Crippen LogP contribution in [0.1, 0.15) is 12.8 Å². The number of non-ortho nitro benzene ring substituents is 1. The number of sulfonamides is 1. The molecular weight excluding hydrogens is 346 g/mol. The maximum absolute atomic E-state index is 12.5. The van der Waals surface area contributed by atoms with Crippen molar-refractivity contribution < 1.29 is 18.1 Å². The largest absolute Gasteiger partial charge is 0.457 e. The second-order valence-corrected chi connectivity index (χ2v) is 7.64. The average Bonchev–Trinajstić information content (AvgIpc) is 3.02. The number of hydrogen-bond donors (Lipinski definition) is 1. The smallest absolute Gasteiger partial charge is 0.273 e. The molecule has 0 aliphatic carbocycles. The van der Waals surface area contributed by atoms with Crippen molar-refractivity contribution in [2.24, 2.45) is 0 Å². The molecule has 2 aromatic rings. The summed E-state index contributed by atoms with van der Waals surface area (Å²) in [5.74, 6) is 0.580. The molecule has 2 heterocycles. The molecule has 130 valence electrons. The van der Waals surface area contributed by atoms with Crippen molar-refractivity contribution in [3.05, 3.63) is 52.6 Å². The number of ether oxygens (including phenoxy) is 1. The summed E-state index contributed by atoms with van der Waals surface area (Å²) in [6.45, 7) is 0.797. The highest BCUT2D eigenvalue weighted by Crippen LogP contribution is 2.38. The normalized spacial score (nSPS) is 20.6. The lowest BCUT2D eigenvalue weighted by Crippen LogP contribution is -2.48. The van der Waals surface area contributed by atoms with Crippen molar-refractivity contribution in [3.8, 4) is 11.5 Å². The Balaban J connectivity index is 1.70. The molecule has 0 aromatic heterocycles. The van der Waals surface area contributed by atoms with Crippen LogP contribution in [0.15, 0.2) is 47.4 Å². The van der Waals surface area contributed by atoms with Gasteiger partial charge < -0.3 is 9.64 Å². The van der Waals surface area contributed by atoms with Crippen molar-refractivity contribution in [1.82, 2.24) is 4.72 Å². The predicted octanol–water partition coefficient (Wildman–Crippen LogP) is 2.61. The summed E-state index contributed by atoms with van der Waals surface area (Å²) in [5, 5.41) is 10.8. The molecule has 25 heavy (non-hydrogen) atoms.